The standard InChI is InChI=1S/C29H32N6O2/c1-29(2,3)28-34-33-26-22(27(36)30-16-15-25-31-23-7-5-6-8-24(23)32-25)17-20(18-35(26)28)10-9-19-11-13-21(37-4)14-12-19/h5-8,11-14,17-18H,9-10,15-16H2,1-4H3,(H,30,36)(H,31,32). The number of aryl methyl sites for hydroxylation is 2. The van der Waals surface area contributed by atoms with Crippen LogP contribution >= 0.6 is 0 Å². The summed E-state index contributed by atoms with van der Waals surface area (Å²) in [5.74, 6) is 2.34. The zero-order chi connectivity index (χ0) is 26.0. The lowest BCUT2D eigenvalue weighted by Crippen LogP contribution is -2.27. The van der Waals surface area contributed by atoms with Gasteiger partial charge in [0.15, 0.2) is 5.65 Å². The third kappa shape index (κ3) is 5.33. The molecule has 5 aromatic rings. The average molecular weight is 497 g/mol. The van der Waals surface area contributed by atoms with Crippen molar-refractivity contribution in [3.8, 4) is 5.75 Å². The van der Waals surface area contributed by atoms with Crippen molar-refractivity contribution < 1.29 is 9.53 Å². The van der Waals surface area contributed by atoms with E-state index in [9.17, 15) is 4.79 Å². The first-order valence-electron chi connectivity index (χ1n) is 12.5. The van der Waals surface area contributed by atoms with Crippen LogP contribution in [0.3, 0.4) is 0 Å². The topological polar surface area (TPSA) is 97.2 Å². The Hall–Kier alpha value is -4.20. The summed E-state index contributed by atoms with van der Waals surface area (Å²) in [4.78, 5) is 21.3. The van der Waals surface area contributed by atoms with Crippen LogP contribution in [0.15, 0.2) is 60.8 Å². The second kappa shape index (κ2) is 10.0. The van der Waals surface area contributed by atoms with Crippen LogP contribution < -0.4 is 10.1 Å². The van der Waals surface area contributed by atoms with E-state index >= 15 is 0 Å². The summed E-state index contributed by atoms with van der Waals surface area (Å²) < 4.78 is 7.24. The lowest BCUT2D eigenvalue weighted by molar-refractivity contribution is 0.0955. The van der Waals surface area contributed by atoms with Gasteiger partial charge in [-0.25, -0.2) is 4.98 Å². The second-order valence-corrected chi connectivity index (χ2v) is 10.3. The number of imidazole rings is 1. The van der Waals surface area contributed by atoms with Gasteiger partial charge in [0.1, 0.15) is 17.4 Å². The van der Waals surface area contributed by atoms with E-state index in [2.05, 4.69) is 64.6 Å². The van der Waals surface area contributed by atoms with Gasteiger partial charge in [0.25, 0.3) is 5.91 Å². The molecule has 2 aromatic carbocycles. The number of benzene rings is 2. The number of nitrogens with zero attached hydrogens (tertiary/aromatic N) is 4. The molecule has 0 aliphatic rings. The Morgan fingerprint density at radius 3 is 2.49 bits per heavy atom. The number of carbonyl (C=O) groups is 1. The van der Waals surface area contributed by atoms with Crippen molar-refractivity contribution in [1.82, 2.24) is 29.9 Å². The Labute approximate surface area is 216 Å². The van der Waals surface area contributed by atoms with Crippen molar-refractivity contribution in [2.45, 2.75) is 45.4 Å². The van der Waals surface area contributed by atoms with E-state index < -0.39 is 0 Å². The second-order valence-electron chi connectivity index (χ2n) is 10.3. The fourth-order valence-electron chi connectivity index (χ4n) is 4.46. The van der Waals surface area contributed by atoms with Crippen LogP contribution in [0.1, 0.15) is 53.9 Å². The predicted molar refractivity (Wildman–Crippen MR) is 144 cm³/mol. The number of amides is 1. The van der Waals surface area contributed by atoms with E-state index in [0.29, 0.717) is 24.2 Å². The monoisotopic (exact) mass is 496 g/mol. The van der Waals surface area contributed by atoms with E-state index in [1.54, 1.807) is 7.11 Å². The maximum Gasteiger partial charge on any atom is 0.255 e. The number of hydrogen-bond donors (Lipinski definition) is 2. The van der Waals surface area contributed by atoms with Crippen molar-refractivity contribution in [1.29, 1.82) is 0 Å². The molecule has 0 fully saturated rings. The van der Waals surface area contributed by atoms with Gasteiger partial charge < -0.3 is 15.0 Å². The van der Waals surface area contributed by atoms with E-state index in [1.807, 2.05) is 46.9 Å². The summed E-state index contributed by atoms with van der Waals surface area (Å²) in [5.41, 5.74) is 5.05. The molecule has 3 aromatic heterocycles. The number of pyridine rings is 1. The summed E-state index contributed by atoms with van der Waals surface area (Å²) in [6, 6.07) is 17.9. The summed E-state index contributed by atoms with van der Waals surface area (Å²) >= 11 is 0. The van der Waals surface area contributed by atoms with Crippen LogP contribution in [0.25, 0.3) is 16.7 Å². The highest BCUT2D eigenvalue weighted by Crippen LogP contribution is 2.24. The lowest BCUT2D eigenvalue weighted by Gasteiger charge is -2.17. The number of nitrogens with one attached hydrogen (secondary N) is 2. The lowest BCUT2D eigenvalue weighted by atomic mass is 9.95. The third-order valence-electron chi connectivity index (χ3n) is 6.42. The minimum absolute atomic E-state index is 0.166. The summed E-state index contributed by atoms with van der Waals surface area (Å²) in [6.45, 7) is 6.75. The van der Waals surface area contributed by atoms with Crippen molar-refractivity contribution in [2.75, 3.05) is 13.7 Å². The molecule has 5 rings (SSSR count). The maximum absolute atomic E-state index is 13.3. The molecule has 0 aliphatic heterocycles. The van der Waals surface area contributed by atoms with Gasteiger partial charge in [-0.15, -0.1) is 10.2 Å². The molecule has 8 heteroatoms. The highest BCUT2D eigenvalue weighted by molar-refractivity contribution is 6.00. The van der Waals surface area contributed by atoms with Gasteiger partial charge in [-0.05, 0) is 54.3 Å². The Kier molecular flexibility index (Phi) is 6.65. The summed E-state index contributed by atoms with van der Waals surface area (Å²) in [7, 11) is 1.67. The fraction of sp³-hybridized carbons (Fsp3) is 0.310. The van der Waals surface area contributed by atoms with Crippen LogP contribution in [0.4, 0.5) is 0 Å². The highest BCUT2D eigenvalue weighted by atomic mass is 16.5. The molecule has 190 valence electrons. The number of methoxy groups -OCH3 is 1. The van der Waals surface area contributed by atoms with Gasteiger partial charge in [0, 0.05) is 24.6 Å². The molecule has 3 heterocycles. The van der Waals surface area contributed by atoms with Crippen molar-refractivity contribution >= 4 is 22.6 Å². The molecule has 2 N–H and O–H groups in total. The van der Waals surface area contributed by atoms with Gasteiger partial charge in [0.2, 0.25) is 0 Å². The van der Waals surface area contributed by atoms with E-state index in [4.69, 9.17) is 4.74 Å². The van der Waals surface area contributed by atoms with Crippen LogP contribution in [0.5, 0.6) is 5.75 Å². The molecule has 0 unspecified atom stereocenters. The first-order chi connectivity index (χ1) is 17.8. The molecule has 1 amide bonds. The Balaban J connectivity index is 1.37. The fourth-order valence-corrected chi connectivity index (χ4v) is 4.46. The quantitative estimate of drug-likeness (QED) is 0.325. The van der Waals surface area contributed by atoms with Gasteiger partial charge in [0.05, 0.1) is 23.7 Å². The molecule has 37 heavy (non-hydrogen) atoms. The Morgan fingerprint density at radius 2 is 1.76 bits per heavy atom. The molecular weight excluding hydrogens is 464 g/mol. The number of ether oxygens (including phenoxy) is 1. The minimum Gasteiger partial charge on any atom is -0.497 e. The minimum atomic E-state index is -0.219. The molecule has 8 nitrogen and oxygen atoms in total. The maximum atomic E-state index is 13.3. The first kappa shape index (κ1) is 24.5. The third-order valence-corrected chi connectivity index (χ3v) is 6.42. The zero-order valence-electron chi connectivity index (χ0n) is 21.7. The summed E-state index contributed by atoms with van der Waals surface area (Å²) in [5, 5.41) is 11.9. The van der Waals surface area contributed by atoms with Gasteiger partial charge in [-0.3, -0.25) is 9.20 Å². The highest BCUT2D eigenvalue weighted by Gasteiger charge is 2.24. The number of carbonyl (C=O) groups excluding carboxylic acids is 1. The number of aromatic nitrogens is 5. The number of fused-ring (bicyclic) bond motifs is 2. The molecule has 0 spiro atoms. The Bertz CT molecular complexity index is 1510. The predicted octanol–water partition coefficient (Wildman–Crippen LogP) is 4.67. The van der Waals surface area contributed by atoms with E-state index in [1.165, 1.54) is 5.56 Å². The number of H-pyrrole nitrogens is 1. The van der Waals surface area contributed by atoms with Crippen molar-refractivity contribution in [3.05, 3.63) is 89.1 Å². The Morgan fingerprint density at radius 1 is 1.00 bits per heavy atom. The molecular formula is C29H32N6O2. The van der Waals surface area contributed by atoms with Crippen molar-refractivity contribution in [3.63, 3.8) is 0 Å². The van der Waals surface area contributed by atoms with Crippen molar-refractivity contribution in [2.24, 2.45) is 0 Å². The van der Waals surface area contributed by atoms with Crippen LogP contribution in [-0.2, 0) is 24.7 Å². The van der Waals surface area contributed by atoms with Crippen LogP contribution in [0, 0.1) is 0 Å². The number of rotatable bonds is 8. The van der Waals surface area contributed by atoms with Gasteiger partial charge in [-0.1, -0.05) is 45.0 Å². The molecule has 0 atom stereocenters. The molecule has 0 radical (unpaired) electrons. The largest absolute Gasteiger partial charge is 0.497 e. The number of para-hydroxylation sites is 2. The van der Waals surface area contributed by atoms with Gasteiger partial charge in [-0.2, -0.15) is 0 Å². The van der Waals surface area contributed by atoms with Crippen LogP contribution in [0.2, 0.25) is 0 Å². The molecule has 0 aliphatic carbocycles. The zero-order valence-corrected chi connectivity index (χ0v) is 21.7. The number of aromatic amines is 1. The normalized spacial score (nSPS) is 11.8. The average Bonchev–Trinajstić information content (AvgIpc) is 3.51. The summed E-state index contributed by atoms with van der Waals surface area (Å²) in [6.07, 6.45) is 4.29. The SMILES string of the molecule is COc1ccc(CCc2cc(C(=O)NCCc3nc4ccccc4[nH]3)c3nnc(C(C)(C)C)n3c2)cc1. The van der Waals surface area contributed by atoms with Crippen LogP contribution in [-0.4, -0.2) is 44.1 Å². The van der Waals surface area contributed by atoms with E-state index in [-0.39, 0.29) is 11.3 Å². The molecule has 0 saturated carbocycles. The molecule has 0 bridgehead atoms. The van der Waals surface area contributed by atoms with E-state index in [0.717, 1.165) is 46.8 Å². The molecule has 0 saturated heterocycles. The van der Waals surface area contributed by atoms with Gasteiger partial charge >= 0.3 is 0 Å². The number of hydrogen-bond acceptors (Lipinski definition) is 5. The smallest absolute Gasteiger partial charge is 0.255 e. The first-order valence-corrected chi connectivity index (χ1v) is 12.5.